The first-order valence-corrected chi connectivity index (χ1v) is 9.69. The number of carbonyl (C=O) groups is 1. The van der Waals surface area contributed by atoms with E-state index in [1.165, 1.54) is 30.3 Å². The maximum absolute atomic E-state index is 14.1. The standard InChI is InChI=1S/C23H20F2N4O2/c1-14-19-11-26-29(13-21(30)27-18-9-7-17(24)8-10-18)23(31)22(19)15(2)28(14)12-16-5-3-4-6-20(16)25/h3-11H,12-13H2,1-2H3,(H,27,30). The maximum Gasteiger partial charge on any atom is 0.276 e. The Morgan fingerprint density at radius 2 is 1.74 bits per heavy atom. The van der Waals surface area contributed by atoms with Crippen LogP contribution in [-0.4, -0.2) is 20.3 Å². The molecule has 2 aromatic carbocycles. The van der Waals surface area contributed by atoms with Gasteiger partial charge in [-0.15, -0.1) is 0 Å². The average Bonchev–Trinajstić information content (AvgIpc) is 2.98. The molecule has 0 aliphatic rings. The molecule has 4 aromatic rings. The van der Waals surface area contributed by atoms with Crippen molar-refractivity contribution in [2.75, 3.05) is 5.32 Å². The fraction of sp³-hybridized carbons (Fsp3) is 0.174. The van der Waals surface area contributed by atoms with Crippen LogP contribution in [0.4, 0.5) is 14.5 Å². The average molecular weight is 422 g/mol. The topological polar surface area (TPSA) is 68.9 Å². The van der Waals surface area contributed by atoms with Crippen LogP contribution in [0.25, 0.3) is 10.8 Å². The minimum absolute atomic E-state index is 0.281. The molecule has 0 aliphatic heterocycles. The number of hydrogen-bond acceptors (Lipinski definition) is 3. The van der Waals surface area contributed by atoms with Gasteiger partial charge >= 0.3 is 0 Å². The fourth-order valence-electron chi connectivity index (χ4n) is 3.66. The van der Waals surface area contributed by atoms with Gasteiger partial charge in [0.05, 0.1) is 18.1 Å². The molecule has 0 bridgehead atoms. The second-order valence-electron chi connectivity index (χ2n) is 7.30. The summed E-state index contributed by atoms with van der Waals surface area (Å²) < 4.78 is 30.1. The van der Waals surface area contributed by atoms with Crippen LogP contribution in [0.5, 0.6) is 0 Å². The van der Waals surface area contributed by atoms with Gasteiger partial charge in [0.15, 0.2) is 0 Å². The predicted octanol–water partition coefficient (Wildman–Crippen LogP) is 3.78. The van der Waals surface area contributed by atoms with Crippen molar-refractivity contribution in [3.05, 3.63) is 93.7 Å². The number of rotatable bonds is 5. The Labute approximate surface area is 176 Å². The van der Waals surface area contributed by atoms with Crippen molar-refractivity contribution in [3.8, 4) is 0 Å². The highest BCUT2D eigenvalue weighted by Gasteiger charge is 2.18. The van der Waals surface area contributed by atoms with E-state index in [0.29, 0.717) is 27.7 Å². The molecule has 1 amide bonds. The Kier molecular flexibility index (Phi) is 5.37. The van der Waals surface area contributed by atoms with E-state index in [2.05, 4.69) is 10.4 Å². The van der Waals surface area contributed by atoms with E-state index in [9.17, 15) is 18.4 Å². The molecule has 2 aromatic heterocycles. The number of fused-ring (bicyclic) bond motifs is 1. The molecule has 0 saturated carbocycles. The summed E-state index contributed by atoms with van der Waals surface area (Å²) in [4.78, 5) is 25.4. The lowest BCUT2D eigenvalue weighted by Crippen LogP contribution is -2.29. The molecule has 2 heterocycles. The summed E-state index contributed by atoms with van der Waals surface area (Å²) in [5, 5.41) is 7.85. The van der Waals surface area contributed by atoms with Gasteiger partial charge in [-0.1, -0.05) is 18.2 Å². The zero-order valence-corrected chi connectivity index (χ0v) is 17.0. The first-order valence-electron chi connectivity index (χ1n) is 9.69. The Balaban J connectivity index is 1.65. The molecule has 8 heteroatoms. The van der Waals surface area contributed by atoms with Gasteiger partial charge in [0, 0.05) is 28.0 Å². The highest BCUT2D eigenvalue weighted by molar-refractivity contribution is 5.91. The van der Waals surface area contributed by atoms with Gasteiger partial charge in [0.1, 0.15) is 18.2 Å². The van der Waals surface area contributed by atoms with Crippen LogP contribution >= 0.6 is 0 Å². The fourth-order valence-corrected chi connectivity index (χ4v) is 3.66. The second-order valence-corrected chi connectivity index (χ2v) is 7.30. The molecule has 0 radical (unpaired) electrons. The van der Waals surface area contributed by atoms with Crippen molar-refractivity contribution in [3.63, 3.8) is 0 Å². The number of carbonyl (C=O) groups excluding carboxylic acids is 1. The third kappa shape index (κ3) is 3.96. The monoisotopic (exact) mass is 422 g/mol. The van der Waals surface area contributed by atoms with Crippen LogP contribution in [0.2, 0.25) is 0 Å². The molecule has 1 N–H and O–H groups in total. The lowest BCUT2D eigenvalue weighted by molar-refractivity contribution is -0.117. The van der Waals surface area contributed by atoms with Gasteiger partial charge in [0.25, 0.3) is 5.56 Å². The van der Waals surface area contributed by atoms with Crippen molar-refractivity contribution < 1.29 is 13.6 Å². The van der Waals surface area contributed by atoms with Crippen LogP contribution in [0, 0.1) is 25.5 Å². The molecule has 0 aliphatic carbocycles. The first kappa shape index (κ1) is 20.5. The van der Waals surface area contributed by atoms with Gasteiger partial charge in [-0.25, -0.2) is 13.5 Å². The van der Waals surface area contributed by atoms with E-state index >= 15 is 0 Å². The van der Waals surface area contributed by atoms with Crippen LogP contribution in [0.3, 0.4) is 0 Å². The number of nitrogens with zero attached hydrogens (tertiary/aromatic N) is 3. The molecule has 0 atom stereocenters. The zero-order valence-electron chi connectivity index (χ0n) is 17.0. The molecule has 31 heavy (non-hydrogen) atoms. The molecule has 4 rings (SSSR count). The molecule has 158 valence electrons. The van der Waals surface area contributed by atoms with Crippen molar-refractivity contribution in [2.24, 2.45) is 0 Å². The number of anilines is 1. The first-order chi connectivity index (χ1) is 14.8. The van der Waals surface area contributed by atoms with E-state index in [-0.39, 0.29) is 18.9 Å². The van der Waals surface area contributed by atoms with E-state index in [1.54, 1.807) is 31.3 Å². The predicted molar refractivity (Wildman–Crippen MR) is 114 cm³/mol. The molecule has 6 nitrogen and oxygen atoms in total. The summed E-state index contributed by atoms with van der Waals surface area (Å²) in [5.41, 5.74) is 2.00. The van der Waals surface area contributed by atoms with Gasteiger partial charge < -0.3 is 9.88 Å². The smallest absolute Gasteiger partial charge is 0.276 e. The summed E-state index contributed by atoms with van der Waals surface area (Å²) >= 11 is 0. The molecule has 0 saturated heterocycles. The van der Waals surface area contributed by atoms with Crippen molar-refractivity contribution >= 4 is 22.4 Å². The zero-order chi connectivity index (χ0) is 22.1. The van der Waals surface area contributed by atoms with E-state index in [0.717, 1.165) is 10.4 Å². The summed E-state index contributed by atoms with van der Waals surface area (Å²) in [6.45, 7) is 3.63. The number of hydrogen-bond donors (Lipinski definition) is 1. The van der Waals surface area contributed by atoms with Crippen molar-refractivity contribution in [1.29, 1.82) is 0 Å². The van der Waals surface area contributed by atoms with Gasteiger partial charge in [-0.05, 0) is 44.2 Å². The highest BCUT2D eigenvalue weighted by atomic mass is 19.1. The normalized spacial score (nSPS) is 11.1. The number of aryl methyl sites for hydroxylation is 2. The van der Waals surface area contributed by atoms with Gasteiger partial charge in [-0.3, -0.25) is 9.59 Å². The summed E-state index contributed by atoms with van der Waals surface area (Å²) in [5.74, 6) is -1.18. The van der Waals surface area contributed by atoms with Crippen LogP contribution in [0.1, 0.15) is 17.0 Å². The van der Waals surface area contributed by atoms with Gasteiger partial charge in [-0.2, -0.15) is 5.10 Å². The van der Waals surface area contributed by atoms with Crippen LogP contribution in [-0.2, 0) is 17.9 Å². The third-order valence-corrected chi connectivity index (χ3v) is 5.31. The van der Waals surface area contributed by atoms with E-state index in [1.807, 2.05) is 11.5 Å². The van der Waals surface area contributed by atoms with E-state index < -0.39 is 17.3 Å². The number of nitrogens with one attached hydrogen (secondary N) is 1. The largest absolute Gasteiger partial charge is 0.343 e. The lowest BCUT2D eigenvalue weighted by Gasteiger charge is -2.10. The minimum atomic E-state index is -0.458. The Bertz CT molecular complexity index is 1340. The second kappa shape index (κ2) is 8.14. The summed E-state index contributed by atoms with van der Waals surface area (Å²) in [7, 11) is 0. The third-order valence-electron chi connectivity index (χ3n) is 5.31. The molecule has 0 unspecified atom stereocenters. The number of aromatic nitrogens is 3. The summed E-state index contributed by atoms with van der Waals surface area (Å²) in [6.07, 6.45) is 1.54. The van der Waals surface area contributed by atoms with Crippen LogP contribution in [0.15, 0.2) is 59.5 Å². The molecular formula is C23H20F2N4O2. The minimum Gasteiger partial charge on any atom is -0.343 e. The maximum atomic E-state index is 14.1. The highest BCUT2D eigenvalue weighted by Crippen LogP contribution is 2.23. The SMILES string of the molecule is Cc1c2cnn(CC(=O)Nc3ccc(F)cc3)c(=O)c2c(C)n1Cc1ccccc1F. The van der Waals surface area contributed by atoms with E-state index in [4.69, 9.17) is 0 Å². The number of amides is 1. The Hall–Kier alpha value is -3.81. The van der Waals surface area contributed by atoms with Crippen LogP contribution < -0.4 is 10.9 Å². The Morgan fingerprint density at radius 3 is 2.45 bits per heavy atom. The number of benzene rings is 2. The number of halogens is 2. The quantitative estimate of drug-likeness (QED) is 0.532. The molecule has 0 fully saturated rings. The Morgan fingerprint density at radius 1 is 1.03 bits per heavy atom. The molecular weight excluding hydrogens is 402 g/mol. The van der Waals surface area contributed by atoms with Gasteiger partial charge in [0.2, 0.25) is 5.91 Å². The van der Waals surface area contributed by atoms with Crippen molar-refractivity contribution in [2.45, 2.75) is 26.9 Å². The summed E-state index contributed by atoms with van der Waals surface area (Å²) in [6, 6.07) is 11.8. The van der Waals surface area contributed by atoms with Crippen molar-refractivity contribution in [1.82, 2.24) is 14.3 Å². The lowest BCUT2D eigenvalue weighted by atomic mass is 10.2. The molecule has 0 spiro atoms.